The number of nitrogens with zero attached hydrogens (tertiary/aromatic N) is 2. The van der Waals surface area contributed by atoms with Gasteiger partial charge in [0, 0.05) is 19.5 Å². The van der Waals surface area contributed by atoms with Crippen molar-refractivity contribution in [2.45, 2.75) is 19.3 Å². The molecule has 1 aromatic rings. The second-order valence-corrected chi connectivity index (χ2v) is 5.29. The maximum absolute atomic E-state index is 12.2. The van der Waals surface area contributed by atoms with E-state index in [4.69, 9.17) is 22.2 Å². The Labute approximate surface area is 135 Å². The smallest absolute Gasteiger partial charge is 0.227 e. The molecule has 0 fully saturated rings. The number of fused-ring (bicyclic) bond motifs is 1. The van der Waals surface area contributed by atoms with E-state index in [-0.39, 0.29) is 12.5 Å². The van der Waals surface area contributed by atoms with Crippen LogP contribution in [0.25, 0.3) is 0 Å². The first-order valence-corrected chi connectivity index (χ1v) is 7.38. The molecule has 0 spiro atoms. The molecule has 1 aromatic carbocycles. The number of thiocarbonyl (C=S) groups is 1. The van der Waals surface area contributed by atoms with E-state index in [1.54, 1.807) is 20.2 Å². The van der Waals surface area contributed by atoms with E-state index in [2.05, 4.69) is 10.6 Å². The van der Waals surface area contributed by atoms with Crippen LogP contribution < -0.4 is 20.3 Å². The van der Waals surface area contributed by atoms with Gasteiger partial charge in [-0.25, -0.2) is 0 Å². The van der Waals surface area contributed by atoms with Crippen LogP contribution in [0.4, 0.5) is 11.4 Å². The van der Waals surface area contributed by atoms with E-state index in [1.807, 2.05) is 12.1 Å². The molecule has 0 atom stereocenters. The average molecular weight is 318 g/mol. The average Bonchev–Trinajstić information content (AvgIpc) is 2.66. The van der Waals surface area contributed by atoms with Crippen molar-refractivity contribution in [3.8, 4) is 11.8 Å². The molecule has 7 heteroatoms. The first-order valence-electron chi connectivity index (χ1n) is 6.97. The Morgan fingerprint density at radius 2 is 2.27 bits per heavy atom. The zero-order chi connectivity index (χ0) is 16.1. The van der Waals surface area contributed by atoms with Crippen LogP contribution >= 0.6 is 12.2 Å². The van der Waals surface area contributed by atoms with Gasteiger partial charge in [0.2, 0.25) is 5.91 Å². The van der Waals surface area contributed by atoms with Crippen LogP contribution in [-0.4, -0.2) is 31.7 Å². The number of nitriles is 1. The highest BCUT2D eigenvalue weighted by atomic mass is 32.1. The molecule has 2 rings (SSSR count). The highest BCUT2D eigenvalue weighted by molar-refractivity contribution is 7.80. The zero-order valence-electron chi connectivity index (χ0n) is 12.6. The summed E-state index contributed by atoms with van der Waals surface area (Å²) in [6, 6.07) is 5.77. The Hall–Kier alpha value is -2.33. The Kier molecular flexibility index (Phi) is 5.17. The summed E-state index contributed by atoms with van der Waals surface area (Å²) in [7, 11) is 3.29. The van der Waals surface area contributed by atoms with Gasteiger partial charge in [0.25, 0.3) is 0 Å². The summed E-state index contributed by atoms with van der Waals surface area (Å²) in [4.78, 5) is 13.7. The molecule has 0 radical (unpaired) electrons. The predicted molar refractivity (Wildman–Crippen MR) is 89.2 cm³/mol. The van der Waals surface area contributed by atoms with Crippen LogP contribution in [0.2, 0.25) is 0 Å². The summed E-state index contributed by atoms with van der Waals surface area (Å²) in [5, 5.41) is 15.4. The Morgan fingerprint density at radius 1 is 1.50 bits per heavy atom. The summed E-state index contributed by atoms with van der Waals surface area (Å²) in [5.74, 6) is 0.544. The van der Waals surface area contributed by atoms with Crippen LogP contribution in [0.3, 0.4) is 0 Å². The van der Waals surface area contributed by atoms with Crippen LogP contribution in [0.1, 0.15) is 18.4 Å². The normalized spacial score (nSPS) is 13.7. The molecule has 2 N–H and O–H groups in total. The van der Waals surface area contributed by atoms with Crippen molar-refractivity contribution in [2.24, 2.45) is 0 Å². The number of methoxy groups -OCH3 is 1. The van der Waals surface area contributed by atoms with Gasteiger partial charge >= 0.3 is 0 Å². The standard InChI is InChI=1S/C15H18N4O2S/c1-17-15(22)18-11-8-10-4-3-5-14(20)19(7-6-16)12(10)9-13(11)21-2/h8-9H,3-5,7H2,1-2H3,(H2,17,18,22). The Morgan fingerprint density at radius 3 is 2.91 bits per heavy atom. The Bertz CT molecular complexity index is 639. The summed E-state index contributed by atoms with van der Waals surface area (Å²) in [5.41, 5.74) is 2.48. The lowest BCUT2D eigenvalue weighted by Gasteiger charge is -2.22. The van der Waals surface area contributed by atoms with Crippen molar-refractivity contribution in [1.82, 2.24) is 5.32 Å². The van der Waals surface area contributed by atoms with Gasteiger partial charge in [-0.05, 0) is 36.7 Å². The molecular formula is C15H18N4O2S. The third-order valence-electron chi connectivity index (χ3n) is 3.53. The number of aryl methyl sites for hydroxylation is 1. The number of anilines is 2. The maximum Gasteiger partial charge on any atom is 0.227 e. The molecule has 0 unspecified atom stereocenters. The molecule has 0 bridgehead atoms. The molecule has 1 aliphatic rings. The number of rotatable bonds is 3. The first-order chi connectivity index (χ1) is 10.6. The van der Waals surface area contributed by atoms with Gasteiger partial charge in [-0.2, -0.15) is 5.26 Å². The minimum Gasteiger partial charge on any atom is -0.494 e. The van der Waals surface area contributed by atoms with Gasteiger partial charge in [0.1, 0.15) is 12.3 Å². The maximum atomic E-state index is 12.2. The Balaban J connectivity index is 2.48. The first kappa shape index (κ1) is 16.0. The lowest BCUT2D eigenvalue weighted by Crippen LogP contribution is -2.30. The number of ether oxygens (including phenoxy) is 1. The number of hydrogen-bond donors (Lipinski definition) is 2. The molecule has 1 aliphatic heterocycles. The molecule has 1 amide bonds. The lowest BCUT2D eigenvalue weighted by atomic mass is 10.1. The van der Waals surface area contributed by atoms with Crippen molar-refractivity contribution in [3.63, 3.8) is 0 Å². The minimum absolute atomic E-state index is 0.0335. The van der Waals surface area contributed by atoms with Gasteiger partial charge in [-0.1, -0.05) is 0 Å². The topological polar surface area (TPSA) is 77.4 Å². The number of nitrogens with one attached hydrogen (secondary N) is 2. The third-order valence-corrected chi connectivity index (χ3v) is 3.84. The van der Waals surface area contributed by atoms with Gasteiger partial charge in [-0.3, -0.25) is 9.69 Å². The van der Waals surface area contributed by atoms with Crippen LogP contribution in [0.15, 0.2) is 12.1 Å². The fourth-order valence-corrected chi connectivity index (χ4v) is 2.57. The van der Waals surface area contributed by atoms with Crippen molar-refractivity contribution < 1.29 is 9.53 Å². The van der Waals surface area contributed by atoms with E-state index in [1.165, 1.54) is 4.90 Å². The van der Waals surface area contributed by atoms with E-state index >= 15 is 0 Å². The molecule has 0 aliphatic carbocycles. The van der Waals surface area contributed by atoms with E-state index in [0.29, 0.717) is 17.3 Å². The molecule has 1 heterocycles. The number of hydrogen-bond acceptors (Lipinski definition) is 4. The molecule has 6 nitrogen and oxygen atoms in total. The highest BCUT2D eigenvalue weighted by Crippen LogP contribution is 2.36. The van der Waals surface area contributed by atoms with Crippen molar-refractivity contribution >= 4 is 34.6 Å². The van der Waals surface area contributed by atoms with Gasteiger partial charge in [0.15, 0.2) is 5.11 Å². The fourth-order valence-electron chi connectivity index (χ4n) is 2.46. The zero-order valence-corrected chi connectivity index (χ0v) is 13.4. The number of benzene rings is 1. The highest BCUT2D eigenvalue weighted by Gasteiger charge is 2.24. The number of amides is 1. The molecule has 0 aromatic heterocycles. The summed E-state index contributed by atoms with van der Waals surface area (Å²) >= 11 is 5.12. The summed E-state index contributed by atoms with van der Waals surface area (Å²) < 4.78 is 5.39. The fraction of sp³-hybridized carbons (Fsp3) is 0.400. The molecule has 116 valence electrons. The van der Waals surface area contributed by atoms with Crippen molar-refractivity contribution in [2.75, 3.05) is 30.9 Å². The SMILES string of the molecule is CNC(=S)Nc1cc2c(cc1OC)N(CC#N)C(=O)CCC2. The second kappa shape index (κ2) is 7.09. The monoisotopic (exact) mass is 318 g/mol. The van der Waals surface area contributed by atoms with Crippen LogP contribution in [0, 0.1) is 11.3 Å². The molecular weight excluding hydrogens is 300 g/mol. The minimum atomic E-state index is -0.0335. The molecule has 0 saturated heterocycles. The largest absolute Gasteiger partial charge is 0.494 e. The van der Waals surface area contributed by atoms with E-state index in [0.717, 1.165) is 29.8 Å². The van der Waals surface area contributed by atoms with Gasteiger partial charge in [0.05, 0.1) is 24.6 Å². The predicted octanol–water partition coefficient (Wildman–Crippen LogP) is 1.80. The van der Waals surface area contributed by atoms with Crippen molar-refractivity contribution in [1.29, 1.82) is 5.26 Å². The van der Waals surface area contributed by atoms with E-state index < -0.39 is 0 Å². The van der Waals surface area contributed by atoms with Crippen LogP contribution in [-0.2, 0) is 11.2 Å². The number of carbonyl (C=O) groups excluding carboxylic acids is 1. The van der Waals surface area contributed by atoms with Gasteiger partial charge < -0.3 is 15.4 Å². The number of carbonyl (C=O) groups is 1. The van der Waals surface area contributed by atoms with Crippen LogP contribution in [0.5, 0.6) is 5.75 Å². The van der Waals surface area contributed by atoms with Gasteiger partial charge in [-0.15, -0.1) is 0 Å². The molecule has 22 heavy (non-hydrogen) atoms. The van der Waals surface area contributed by atoms with Crippen molar-refractivity contribution in [3.05, 3.63) is 17.7 Å². The summed E-state index contributed by atoms with van der Waals surface area (Å²) in [6.07, 6.45) is 1.97. The third kappa shape index (κ3) is 3.28. The quantitative estimate of drug-likeness (QED) is 0.654. The second-order valence-electron chi connectivity index (χ2n) is 4.88. The lowest BCUT2D eigenvalue weighted by molar-refractivity contribution is -0.118. The van der Waals surface area contributed by atoms with E-state index in [9.17, 15) is 4.79 Å². The molecule has 0 saturated carbocycles. The summed E-state index contributed by atoms with van der Waals surface area (Å²) in [6.45, 7) is 0.0384.